The third-order valence-corrected chi connectivity index (χ3v) is 6.43. The van der Waals surface area contributed by atoms with E-state index >= 15 is 0 Å². The Bertz CT molecular complexity index is 1350. The predicted molar refractivity (Wildman–Crippen MR) is 140 cm³/mol. The first kappa shape index (κ1) is 26.1. The zero-order chi connectivity index (χ0) is 26.4. The second kappa shape index (κ2) is 11.4. The first-order valence-corrected chi connectivity index (χ1v) is 12.2. The summed E-state index contributed by atoms with van der Waals surface area (Å²) in [4.78, 5) is 10.7. The number of aliphatic imine (C=N–C) groups is 1. The predicted octanol–water partition coefficient (Wildman–Crippen LogP) is 5.79. The highest BCUT2D eigenvalue weighted by Gasteiger charge is 2.30. The molecule has 4 N–H and O–H groups in total. The SMILES string of the molecule is CN(Cc1ccc(OCCCN=C(N)N)cc1)c1nc2ccc(Oc3ccc(C(F)(F)F)cc3)cc2s1. The van der Waals surface area contributed by atoms with Crippen molar-refractivity contribution in [3.8, 4) is 17.2 Å². The van der Waals surface area contributed by atoms with Gasteiger partial charge in [-0.05, 0) is 54.1 Å². The van der Waals surface area contributed by atoms with Gasteiger partial charge >= 0.3 is 6.18 Å². The Morgan fingerprint density at radius 2 is 1.65 bits per heavy atom. The molecule has 0 saturated carbocycles. The van der Waals surface area contributed by atoms with Crippen molar-refractivity contribution in [3.05, 3.63) is 77.9 Å². The number of aromatic nitrogens is 1. The lowest BCUT2D eigenvalue weighted by Crippen LogP contribution is -2.23. The van der Waals surface area contributed by atoms with Crippen molar-refractivity contribution in [1.29, 1.82) is 0 Å². The standard InChI is InChI=1S/C26H26F3N5O2S/c1-34(16-17-3-7-19(8-4-17)35-14-2-13-32-24(30)31)25-33-22-12-11-21(15-23(22)37-25)36-20-9-5-18(6-10-20)26(27,28)29/h3-12,15H,2,13-14,16H2,1H3,(H4,30,31,32). The summed E-state index contributed by atoms with van der Waals surface area (Å²) >= 11 is 1.51. The second-order valence-corrected chi connectivity index (χ2v) is 9.27. The number of ether oxygens (including phenoxy) is 2. The summed E-state index contributed by atoms with van der Waals surface area (Å²) < 4.78 is 50.7. The van der Waals surface area contributed by atoms with Gasteiger partial charge in [-0.2, -0.15) is 13.2 Å². The van der Waals surface area contributed by atoms with E-state index in [-0.39, 0.29) is 5.96 Å². The molecule has 11 heteroatoms. The van der Waals surface area contributed by atoms with Crippen molar-refractivity contribution in [2.75, 3.05) is 25.1 Å². The minimum atomic E-state index is -4.38. The van der Waals surface area contributed by atoms with E-state index in [2.05, 4.69) is 4.99 Å². The van der Waals surface area contributed by atoms with E-state index in [0.29, 0.717) is 31.2 Å². The largest absolute Gasteiger partial charge is 0.494 e. The average molecular weight is 530 g/mol. The molecule has 37 heavy (non-hydrogen) atoms. The third kappa shape index (κ3) is 7.26. The first-order valence-electron chi connectivity index (χ1n) is 11.4. The third-order valence-electron chi connectivity index (χ3n) is 5.30. The Hall–Kier alpha value is -3.99. The highest BCUT2D eigenvalue weighted by molar-refractivity contribution is 7.22. The molecule has 0 unspecified atom stereocenters. The summed E-state index contributed by atoms with van der Waals surface area (Å²) in [6.45, 7) is 1.70. The molecule has 0 bridgehead atoms. The van der Waals surface area contributed by atoms with Gasteiger partial charge in [-0.3, -0.25) is 4.99 Å². The quantitative estimate of drug-likeness (QED) is 0.153. The van der Waals surface area contributed by atoms with Crippen LogP contribution in [0, 0.1) is 0 Å². The minimum Gasteiger partial charge on any atom is -0.494 e. The number of hydrogen-bond acceptors (Lipinski definition) is 6. The van der Waals surface area contributed by atoms with E-state index in [1.165, 1.54) is 23.5 Å². The molecule has 0 amide bonds. The molecule has 0 fully saturated rings. The van der Waals surface area contributed by atoms with Gasteiger partial charge in [0, 0.05) is 32.6 Å². The molecular weight excluding hydrogens is 503 g/mol. The van der Waals surface area contributed by atoms with Crippen LogP contribution in [0.2, 0.25) is 0 Å². The van der Waals surface area contributed by atoms with Gasteiger partial charge in [0.05, 0.1) is 22.4 Å². The van der Waals surface area contributed by atoms with E-state index in [9.17, 15) is 13.2 Å². The molecule has 0 spiro atoms. The number of halogens is 3. The molecule has 1 aromatic heterocycles. The molecule has 1 heterocycles. The van der Waals surface area contributed by atoms with E-state index in [4.69, 9.17) is 25.9 Å². The van der Waals surface area contributed by atoms with E-state index < -0.39 is 11.7 Å². The van der Waals surface area contributed by atoms with E-state index in [1.54, 1.807) is 6.07 Å². The van der Waals surface area contributed by atoms with Gasteiger partial charge in [-0.1, -0.05) is 23.5 Å². The monoisotopic (exact) mass is 529 g/mol. The van der Waals surface area contributed by atoms with Crippen LogP contribution in [0.3, 0.4) is 0 Å². The molecule has 0 aliphatic heterocycles. The number of hydrogen-bond donors (Lipinski definition) is 2. The Morgan fingerprint density at radius 1 is 0.973 bits per heavy atom. The lowest BCUT2D eigenvalue weighted by molar-refractivity contribution is -0.137. The highest BCUT2D eigenvalue weighted by Crippen LogP contribution is 2.34. The van der Waals surface area contributed by atoms with Crippen molar-refractivity contribution < 1.29 is 22.6 Å². The van der Waals surface area contributed by atoms with E-state index in [1.807, 2.05) is 48.3 Å². The summed E-state index contributed by atoms with van der Waals surface area (Å²) in [6.07, 6.45) is -3.66. The molecule has 0 saturated heterocycles. The Kier molecular flexibility index (Phi) is 8.02. The van der Waals surface area contributed by atoms with Crippen molar-refractivity contribution in [1.82, 2.24) is 4.98 Å². The number of thiazole rings is 1. The van der Waals surface area contributed by atoms with E-state index in [0.717, 1.165) is 45.2 Å². The summed E-state index contributed by atoms with van der Waals surface area (Å²) in [7, 11) is 1.96. The molecule has 3 aromatic carbocycles. The van der Waals surface area contributed by atoms with Crippen molar-refractivity contribution in [2.45, 2.75) is 19.1 Å². The van der Waals surface area contributed by atoms with Gasteiger partial charge in [0.1, 0.15) is 17.2 Å². The fourth-order valence-electron chi connectivity index (χ4n) is 3.46. The van der Waals surface area contributed by atoms with Gasteiger partial charge in [0.15, 0.2) is 11.1 Å². The van der Waals surface area contributed by atoms with Crippen molar-refractivity contribution in [3.63, 3.8) is 0 Å². The number of benzene rings is 3. The molecule has 7 nitrogen and oxygen atoms in total. The summed E-state index contributed by atoms with van der Waals surface area (Å²) in [5.74, 6) is 1.71. The number of nitrogens with zero attached hydrogens (tertiary/aromatic N) is 3. The number of guanidine groups is 1. The maximum Gasteiger partial charge on any atom is 0.416 e. The van der Waals surface area contributed by atoms with Crippen LogP contribution >= 0.6 is 11.3 Å². The number of nitrogens with two attached hydrogens (primary N) is 2. The van der Waals surface area contributed by atoms with Crippen LogP contribution in [0.15, 0.2) is 71.7 Å². The fourth-order valence-corrected chi connectivity index (χ4v) is 4.42. The number of fused-ring (bicyclic) bond motifs is 1. The molecule has 0 aliphatic rings. The topological polar surface area (TPSA) is 99.0 Å². The summed E-state index contributed by atoms with van der Waals surface area (Å²) in [5.41, 5.74) is 11.8. The van der Waals surface area contributed by atoms with Crippen LogP contribution in [0.4, 0.5) is 18.3 Å². The van der Waals surface area contributed by atoms with Gasteiger partial charge < -0.3 is 25.8 Å². The maximum absolute atomic E-state index is 12.8. The molecule has 4 rings (SSSR count). The minimum absolute atomic E-state index is 0.0773. The van der Waals surface area contributed by atoms with Crippen molar-refractivity contribution >= 4 is 32.6 Å². The lowest BCUT2D eigenvalue weighted by Gasteiger charge is -2.16. The Morgan fingerprint density at radius 3 is 2.32 bits per heavy atom. The van der Waals surface area contributed by atoms with Gasteiger partial charge in [0.2, 0.25) is 0 Å². The van der Waals surface area contributed by atoms with Gasteiger partial charge in [-0.25, -0.2) is 4.98 Å². The number of alkyl halides is 3. The molecule has 0 aliphatic carbocycles. The molecule has 0 atom stereocenters. The fraction of sp³-hybridized carbons (Fsp3) is 0.231. The van der Waals surface area contributed by atoms with Crippen molar-refractivity contribution in [2.24, 2.45) is 16.5 Å². The van der Waals surface area contributed by atoms with Crippen LogP contribution < -0.4 is 25.8 Å². The smallest absolute Gasteiger partial charge is 0.416 e. The molecule has 0 radical (unpaired) electrons. The molecular formula is C26H26F3N5O2S. The Labute approximate surface area is 216 Å². The Balaban J connectivity index is 1.35. The normalized spacial score (nSPS) is 11.4. The molecule has 4 aromatic rings. The lowest BCUT2D eigenvalue weighted by atomic mass is 10.2. The number of anilines is 1. The first-order chi connectivity index (χ1) is 17.7. The summed E-state index contributed by atoms with van der Waals surface area (Å²) in [5, 5.41) is 0.835. The summed E-state index contributed by atoms with van der Waals surface area (Å²) in [6, 6.07) is 17.9. The highest BCUT2D eigenvalue weighted by atomic mass is 32.1. The van der Waals surface area contributed by atoms with Crippen LogP contribution in [-0.4, -0.2) is 31.1 Å². The van der Waals surface area contributed by atoms with Crippen LogP contribution in [0.1, 0.15) is 17.5 Å². The molecule has 194 valence electrons. The van der Waals surface area contributed by atoms with Gasteiger partial charge in [-0.15, -0.1) is 0 Å². The van der Waals surface area contributed by atoms with Crippen LogP contribution in [0.25, 0.3) is 10.2 Å². The number of rotatable bonds is 10. The van der Waals surface area contributed by atoms with Gasteiger partial charge in [0.25, 0.3) is 0 Å². The zero-order valence-corrected chi connectivity index (χ0v) is 20.9. The van der Waals surface area contributed by atoms with Crippen LogP contribution in [0.5, 0.6) is 17.2 Å². The zero-order valence-electron chi connectivity index (χ0n) is 20.0. The van der Waals surface area contributed by atoms with Crippen LogP contribution in [-0.2, 0) is 12.7 Å². The maximum atomic E-state index is 12.8. The second-order valence-electron chi connectivity index (χ2n) is 8.26. The average Bonchev–Trinajstić information content (AvgIpc) is 3.28.